The van der Waals surface area contributed by atoms with Crippen molar-refractivity contribution in [2.45, 2.75) is 32.2 Å². The van der Waals surface area contributed by atoms with Crippen LogP contribution in [0.3, 0.4) is 0 Å². The number of nitrogens with zero attached hydrogens (tertiary/aromatic N) is 1. The van der Waals surface area contributed by atoms with Crippen molar-refractivity contribution < 1.29 is 24.2 Å². The number of methoxy groups -OCH3 is 2. The molecule has 0 aliphatic rings. The fraction of sp³-hybridized carbons (Fsp3) is 0.389. The van der Waals surface area contributed by atoms with E-state index in [4.69, 9.17) is 9.47 Å². The summed E-state index contributed by atoms with van der Waals surface area (Å²) in [5, 5.41) is 12.9. The normalized spacial score (nSPS) is 11.7. The van der Waals surface area contributed by atoms with E-state index < -0.39 is 12.0 Å². The Hall–Kier alpha value is -2.61. The molecule has 2 aromatic rings. The molecular weight excluding hydrogens is 356 g/mol. The predicted octanol–water partition coefficient (Wildman–Crippen LogP) is 3.06. The fourth-order valence-corrected chi connectivity index (χ4v) is 3.42. The van der Waals surface area contributed by atoms with Gasteiger partial charge in [-0.25, -0.2) is 4.98 Å². The summed E-state index contributed by atoms with van der Waals surface area (Å²) in [7, 11) is 3.01. The number of aromatic nitrogens is 1. The number of rotatable bonds is 9. The van der Waals surface area contributed by atoms with Gasteiger partial charge in [0.15, 0.2) is 0 Å². The minimum atomic E-state index is -1.02. The standard InChI is InChI=1S/C18H22N2O5S/c1-4-5-16-19-10-15(26-16)18(23)20-13(9-17(21)22)12-7-6-11(24-2)8-14(12)25-3/h6-8,10,13H,4-5,9H2,1-3H3,(H,20,23)(H,21,22). The molecule has 0 aliphatic carbocycles. The molecule has 0 radical (unpaired) electrons. The van der Waals surface area contributed by atoms with E-state index >= 15 is 0 Å². The molecule has 2 rings (SSSR count). The van der Waals surface area contributed by atoms with Gasteiger partial charge in [0.2, 0.25) is 0 Å². The van der Waals surface area contributed by atoms with Crippen molar-refractivity contribution in [3.8, 4) is 11.5 Å². The van der Waals surface area contributed by atoms with Gasteiger partial charge in [-0.3, -0.25) is 9.59 Å². The second-order valence-electron chi connectivity index (χ2n) is 5.60. The molecule has 0 fully saturated rings. The number of carboxylic acids is 1. The SMILES string of the molecule is CCCc1ncc(C(=O)NC(CC(=O)O)c2ccc(OC)cc2OC)s1. The lowest BCUT2D eigenvalue weighted by Crippen LogP contribution is -2.30. The van der Waals surface area contributed by atoms with Gasteiger partial charge in [0, 0.05) is 11.6 Å². The minimum Gasteiger partial charge on any atom is -0.497 e. The third kappa shape index (κ3) is 4.95. The second kappa shape index (κ2) is 9.19. The van der Waals surface area contributed by atoms with Gasteiger partial charge in [0.05, 0.1) is 37.9 Å². The van der Waals surface area contributed by atoms with E-state index in [0.717, 1.165) is 17.8 Å². The third-order valence-electron chi connectivity index (χ3n) is 3.74. The van der Waals surface area contributed by atoms with E-state index in [1.54, 1.807) is 18.2 Å². The zero-order valence-corrected chi connectivity index (χ0v) is 15.8. The van der Waals surface area contributed by atoms with Crippen molar-refractivity contribution in [1.29, 1.82) is 0 Å². The maximum absolute atomic E-state index is 12.6. The topological polar surface area (TPSA) is 97.8 Å². The number of nitrogens with one attached hydrogen (secondary N) is 1. The van der Waals surface area contributed by atoms with Crippen LogP contribution in [0.15, 0.2) is 24.4 Å². The summed E-state index contributed by atoms with van der Waals surface area (Å²) in [4.78, 5) is 28.5. The van der Waals surface area contributed by atoms with Crippen LogP contribution in [0.1, 0.15) is 46.0 Å². The van der Waals surface area contributed by atoms with E-state index in [9.17, 15) is 14.7 Å². The molecule has 1 atom stereocenters. The molecule has 1 heterocycles. The molecule has 0 saturated carbocycles. The highest BCUT2D eigenvalue weighted by Crippen LogP contribution is 2.31. The zero-order valence-electron chi connectivity index (χ0n) is 14.9. The number of carbonyl (C=O) groups excluding carboxylic acids is 1. The number of ether oxygens (including phenoxy) is 2. The zero-order chi connectivity index (χ0) is 19.1. The molecule has 2 N–H and O–H groups in total. The van der Waals surface area contributed by atoms with Crippen LogP contribution in [0.25, 0.3) is 0 Å². The van der Waals surface area contributed by atoms with E-state index in [-0.39, 0.29) is 12.3 Å². The quantitative estimate of drug-likeness (QED) is 0.696. The first-order valence-corrected chi connectivity index (χ1v) is 8.99. The third-order valence-corrected chi connectivity index (χ3v) is 4.80. The van der Waals surface area contributed by atoms with Crippen LogP contribution in [0.2, 0.25) is 0 Å². The first-order valence-electron chi connectivity index (χ1n) is 8.17. The molecule has 0 bridgehead atoms. The van der Waals surface area contributed by atoms with Crippen LogP contribution in [0.5, 0.6) is 11.5 Å². The lowest BCUT2D eigenvalue weighted by Gasteiger charge is -2.20. The Morgan fingerprint density at radius 1 is 1.31 bits per heavy atom. The van der Waals surface area contributed by atoms with Gasteiger partial charge in [-0.05, 0) is 25.0 Å². The number of carboxylic acid groups (broad SMARTS) is 1. The second-order valence-corrected chi connectivity index (χ2v) is 6.72. The van der Waals surface area contributed by atoms with E-state index in [1.165, 1.54) is 31.8 Å². The molecule has 0 aliphatic heterocycles. The Labute approximate surface area is 156 Å². The largest absolute Gasteiger partial charge is 0.497 e. The number of hydrogen-bond donors (Lipinski definition) is 2. The van der Waals surface area contributed by atoms with Crippen molar-refractivity contribution in [3.05, 3.63) is 39.8 Å². The van der Waals surface area contributed by atoms with Gasteiger partial charge < -0.3 is 19.9 Å². The van der Waals surface area contributed by atoms with Crippen molar-refractivity contribution in [2.75, 3.05) is 14.2 Å². The van der Waals surface area contributed by atoms with Crippen LogP contribution >= 0.6 is 11.3 Å². The van der Waals surface area contributed by atoms with Crippen LogP contribution in [-0.4, -0.2) is 36.2 Å². The van der Waals surface area contributed by atoms with Gasteiger partial charge in [0.25, 0.3) is 5.91 Å². The first-order chi connectivity index (χ1) is 12.5. The Morgan fingerprint density at radius 3 is 2.69 bits per heavy atom. The fourth-order valence-electron chi connectivity index (χ4n) is 2.49. The molecule has 1 aromatic heterocycles. The van der Waals surface area contributed by atoms with Crippen molar-refractivity contribution >= 4 is 23.2 Å². The number of carbonyl (C=O) groups is 2. The first kappa shape index (κ1) is 19.7. The summed E-state index contributed by atoms with van der Waals surface area (Å²) in [5.41, 5.74) is 0.572. The summed E-state index contributed by atoms with van der Waals surface area (Å²) in [5.74, 6) is -0.345. The van der Waals surface area contributed by atoms with Gasteiger partial charge >= 0.3 is 5.97 Å². The predicted molar refractivity (Wildman–Crippen MR) is 98.1 cm³/mol. The average molecular weight is 378 g/mol. The maximum atomic E-state index is 12.6. The smallest absolute Gasteiger partial charge is 0.305 e. The van der Waals surface area contributed by atoms with Gasteiger partial charge in [-0.1, -0.05) is 6.92 Å². The highest BCUT2D eigenvalue weighted by molar-refractivity contribution is 7.13. The average Bonchev–Trinajstić information content (AvgIpc) is 3.09. The molecule has 0 spiro atoms. The lowest BCUT2D eigenvalue weighted by atomic mass is 10.0. The van der Waals surface area contributed by atoms with Crippen LogP contribution in [0, 0.1) is 0 Å². The molecular formula is C18H22N2O5S. The number of benzene rings is 1. The molecule has 7 nitrogen and oxygen atoms in total. The molecule has 140 valence electrons. The molecule has 0 saturated heterocycles. The highest BCUT2D eigenvalue weighted by Gasteiger charge is 2.23. The molecule has 8 heteroatoms. The minimum absolute atomic E-state index is 0.269. The Balaban J connectivity index is 2.26. The van der Waals surface area contributed by atoms with Gasteiger partial charge in [0.1, 0.15) is 16.4 Å². The lowest BCUT2D eigenvalue weighted by molar-refractivity contribution is -0.137. The van der Waals surface area contributed by atoms with Gasteiger partial charge in [-0.2, -0.15) is 0 Å². The molecule has 1 aromatic carbocycles. The summed E-state index contributed by atoms with van der Waals surface area (Å²) < 4.78 is 10.5. The van der Waals surface area contributed by atoms with Crippen molar-refractivity contribution in [2.24, 2.45) is 0 Å². The van der Waals surface area contributed by atoms with Gasteiger partial charge in [-0.15, -0.1) is 11.3 Å². The summed E-state index contributed by atoms with van der Waals surface area (Å²) in [6.07, 6.45) is 3.01. The van der Waals surface area contributed by atoms with Crippen LogP contribution < -0.4 is 14.8 Å². The number of hydrogen-bond acceptors (Lipinski definition) is 6. The molecule has 1 unspecified atom stereocenters. The molecule has 26 heavy (non-hydrogen) atoms. The Morgan fingerprint density at radius 2 is 2.08 bits per heavy atom. The summed E-state index contributed by atoms with van der Waals surface area (Å²) >= 11 is 1.32. The van der Waals surface area contributed by atoms with E-state index in [2.05, 4.69) is 10.3 Å². The highest BCUT2D eigenvalue weighted by atomic mass is 32.1. The number of amides is 1. The summed E-state index contributed by atoms with van der Waals surface area (Å²) in [6, 6.07) is 4.31. The van der Waals surface area contributed by atoms with Crippen LogP contribution in [0.4, 0.5) is 0 Å². The Bertz CT molecular complexity index is 775. The van der Waals surface area contributed by atoms with Crippen molar-refractivity contribution in [1.82, 2.24) is 10.3 Å². The number of aryl methyl sites for hydroxylation is 1. The monoisotopic (exact) mass is 378 g/mol. The maximum Gasteiger partial charge on any atom is 0.305 e. The Kier molecular flexibility index (Phi) is 6.97. The van der Waals surface area contributed by atoms with Crippen molar-refractivity contribution in [3.63, 3.8) is 0 Å². The van der Waals surface area contributed by atoms with Crippen LogP contribution in [-0.2, 0) is 11.2 Å². The van der Waals surface area contributed by atoms with E-state index in [0.29, 0.717) is 21.9 Å². The number of aliphatic carboxylic acids is 1. The number of thiazole rings is 1. The molecule has 1 amide bonds. The summed E-state index contributed by atoms with van der Waals surface area (Å²) in [6.45, 7) is 2.04. The van der Waals surface area contributed by atoms with E-state index in [1.807, 2.05) is 6.92 Å².